The first-order valence-corrected chi connectivity index (χ1v) is 4.51. The van der Waals surface area contributed by atoms with Crippen molar-refractivity contribution in [1.82, 2.24) is 10.6 Å². The monoisotopic (exact) mass is 154 g/mol. The van der Waals surface area contributed by atoms with Crippen molar-refractivity contribution >= 4 is 0 Å². The predicted molar refractivity (Wildman–Crippen MR) is 41.5 cm³/mol. The fourth-order valence-electron chi connectivity index (χ4n) is 2.49. The molecule has 62 valence electrons. The van der Waals surface area contributed by atoms with E-state index in [1.165, 1.54) is 12.8 Å². The van der Waals surface area contributed by atoms with Crippen LogP contribution in [-0.4, -0.2) is 37.4 Å². The van der Waals surface area contributed by atoms with Crippen LogP contribution in [0, 0.1) is 0 Å². The number of fused-ring (bicyclic) bond motifs is 2. The summed E-state index contributed by atoms with van der Waals surface area (Å²) in [5.41, 5.74) is 0.232. The highest BCUT2D eigenvalue weighted by Gasteiger charge is 2.59. The molecule has 3 rings (SSSR count). The second-order valence-electron chi connectivity index (χ2n) is 3.88. The molecule has 0 amide bonds. The number of ether oxygens (including phenoxy) is 1. The molecule has 0 aliphatic carbocycles. The van der Waals surface area contributed by atoms with Crippen LogP contribution in [0.1, 0.15) is 12.8 Å². The Morgan fingerprint density at radius 1 is 1.27 bits per heavy atom. The van der Waals surface area contributed by atoms with Gasteiger partial charge in [0.25, 0.3) is 0 Å². The quantitative estimate of drug-likeness (QED) is 0.461. The van der Waals surface area contributed by atoms with E-state index in [1.54, 1.807) is 0 Å². The molecule has 0 bridgehead atoms. The van der Waals surface area contributed by atoms with Crippen LogP contribution in [0.4, 0.5) is 0 Å². The largest absolute Gasteiger partial charge is 0.372 e. The second kappa shape index (κ2) is 1.97. The summed E-state index contributed by atoms with van der Waals surface area (Å²) in [6, 6.07) is 1.40. The van der Waals surface area contributed by atoms with Crippen molar-refractivity contribution in [2.45, 2.75) is 30.5 Å². The fraction of sp³-hybridized carbons (Fsp3) is 1.00. The molecule has 3 aliphatic heterocycles. The molecule has 11 heavy (non-hydrogen) atoms. The summed E-state index contributed by atoms with van der Waals surface area (Å²) in [5, 5.41) is 6.84. The molecule has 3 heteroatoms. The van der Waals surface area contributed by atoms with Crippen LogP contribution >= 0.6 is 0 Å². The molecule has 0 radical (unpaired) electrons. The van der Waals surface area contributed by atoms with Crippen molar-refractivity contribution in [2.24, 2.45) is 0 Å². The van der Waals surface area contributed by atoms with Crippen molar-refractivity contribution in [1.29, 1.82) is 0 Å². The van der Waals surface area contributed by atoms with Gasteiger partial charge in [0, 0.05) is 6.04 Å². The van der Waals surface area contributed by atoms with Gasteiger partial charge in [-0.25, -0.2) is 0 Å². The van der Waals surface area contributed by atoms with Gasteiger partial charge in [0.2, 0.25) is 0 Å². The summed E-state index contributed by atoms with van der Waals surface area (Å²) >= 11 is 0. The Morgan fingerprint density at radius 2 is 2.09 bits per heavy atom. The Morgan fingerprint density at radius 3 is 2.64 bits per heavy atom. The molecule has 2 atom stereocenters. The molecule has 3 aliphatic rings. The molecule has 3 nitrogen and oxygen atoms in total. The van der Waals surface area contributed by atoms with Crippen LogP contribution < -0.4 is 10.6 Å². The van der Waals surface area contributed by atoms with Gasteiger partial charge < -0.3 is 15.4 Å². The third kappa shape index (κ3) is 0.789. The van der Waals surface area contributed by atoms with Crippen molar-refractivity contribution in [2.75, 3.05) is 19.7 Å². The summed E-state index contributed by atoms with van der Waals surface area (Å²) < 4.78 is 5.84. The van der Waals surface area contributed by atoms with E-state index in [2.05, 4.69) is 10.6 Å². The van der Waals surface area contributed by atoms with Crippen LogP contribution in [0.15, 0.2) is 0 Å². The Hall–Kier alpha value is -0.120. The van der Waals surface area contributed by atoms with Crippen molar-refractivity contribution < 1.29 is 4.74 Å². The topological polar surface area (TPSA) is 43.2 Å². The summed E-state index contributed by atoms with van der Waals surface area (Å²) in [6.07, 6.45) is 2.39. The number of nitrogens with one attached hydrogen (secondary N) is 2. The standard InChI is InChI=1S/C8H14N2O/c1-3-9-4-2-8(1)7-6(10-7)5-11-8/h6-7,9-10H,1-5H2. The van der Waals surface area contributed by atoms with Gasteiger partial charge in [-0.05, 0) is 25.9 Å². The minimum Gasteiger partial charge on any atom is -0.372 e. The molecule has 3 heterocycles. The summed E-state index contributed by atoms with van der Waals surface area (Å²) in [4.78, 5) is 0. The molecule has 3 fully saturated rings. The van der Waals surface area contributed by atoms with E-state index in [0.29, 0.717) is 12.1 Å². The highest BCUT2D eigenvalue weighted by atomic mass is 16.5. The van der Waals surface area contributed by atoms with E-state index in [1.807, 2.05) is 0 Å². The number of morpholine rings is 1. The second-order valence-corrected chi connectivity index (χ2v) is 3.88. The van der Waals surface area contributed by atoms with E-state index in [0.717, 1.165) is 19.7 Å². The lowest BCUT2D eigenvalue weighted by molar-refractivity contribution is -0.0362. The first-order valence-electron chi connectivity index (χ1n) is 4.51. The van der Waals surface area contributed by atoms with Gasteiger partial charge in [-0.1, -0.05) is 0 Å². The van der Waals surface area contributed by atoms with Gasteiger partial charge in [0.1, 0.15) is 0 Å². The lowest BCUT2D eigenvalue weighted by atomic mass is 9.89. The summed E-state index contributed by atoms with van der Waals surface area (Å²) in [6.45, 7) is 3.21. The molecule has 0 aromatic carbocycles. The zero-order valence-corrected chi connectivity index (χ0v) is 6.60. The lowest BCUT2D eigenvalue weighted by Gasteiger charge is -2.34. The minimum absolute atomic E-state index is 0.232. The maximum atomic E-state index is 5.84. The average Bonchev–Trinajstić information content (AvgIpc) is 2.77. The fourth-order valence-corrected chi connectivity index (χ4v) is 2.49. The van der Waals surface area contributed by atoms with Gasteiger partial charge >= 0.3 is 0 Å². The number of rotatable bonds is 0. The van der Waals surface area contributed by atoms with E-state index >= 15 is 0 Å². The van der Waals surface area contributed by atoms with Crippen molar-refractivity contribution in [3.05, 3.63) is 0 Å². The number of hydrogen-bond acceptors (Lipinski definition) is 3. The van der Waals surface area contributed by atoms with Crippen LogP contribution in [0.3, 0.4) is 0 Å². The lowest BCUT2D eigenvalue weighted by Crippen LogP contribution is -2.47. The molecular formula is C8H14N2O. The molecule has 3 saturated heterocycles. The molecule has 0 aromatic heterocycles. The molecule has 0 aromatic rings. The molecule has 0 saturated carbocycles. The maximum absolute atomic E-state index is 5.84. The molecule has 1 spiro atoms. The normalized spacial score (nSPS) is 45.8. The van der Waals surface area contributed by atoms with Gasteiger partial charge in [0.05, 0.1) is 18.2 Å². The molecule has 2 unspecified atom stereocenters. The Labute approximate surface area is 66.5 Å². The first-order chi connectivity index (χ1) is 5.41. The number of hydrogen-bond donors (Lipinski definition) is 2. The molecular weight excluding hydrogens is 140 g/mol. The zero-order valence-electron chi connectivity index (χ0n) is 6.60. The van der Waals surface area contributed by atoms with Crippen LogP contribution in [0.2, 0.25) is 0 Å². The smallest absolute Gasteiger partial charge is 0.0875 e. The Kier molecular flexibility index (Phi) is 1.15. The van der Waals surface area contributed by atoms with Gasteiger partial charge in [0.15, 0.2) is 0 Å². The van der Waals surface area contributed by atoms with Crippen LogP contribution in [0.5, 0.6) is 0 Å². The van der Waals surface area contributed by atoms with E-state index in [-0.39, 0.29) is 5.60 Å². The Bertz CT molecular complexity index is 177. The Balaban J connectivity index is 1.81. The highest BCUT2D eigenvalue weighted by molar-refractivity contribution is 5.17. The van der Waals surface area contributed by atoms with Gasteiger partial charge in [-0.2, -0.15) is 0 Å². The van der Waals surface area contributed by atoms with Crippen LogP contribution in [0.25, 0.3) is 0 Å². The highest BCUT2D eigenvalue weighted by Crippen LogP contribution is 2.41. The SMILES string of the molecule is C1CC2(CCN1)OCC1NC12. The first kappa shape index (κ1) is 6.40. The number of piperidine rings is 1. The summed E-state index contributed by atoms with van der Waals surface area (Å²) in [7, 11) is 0. The van der Waals surface area contributed by atoms with E-state index < -0.39 is 0 Å². The van der Waals surface area contributed by atoms with Crippen LogP contribution in [-0.2, 0) is 4.74 Å². The third-order valence-electron chi connectivity index (χ3n) is 3.25. The van der Waals surface area contributed by atoms with Gasteiger partial charge in [-0.15, -0.1) is 0 Å². The zero-order chi connectivity index (χ0) is 7.31. The van der Waals surface area contributed by atoms with Gasteiger partial charge in [-0.3, -0.25) is 0 Å². The van der Waals surface area contributed by atoms with Crippen molar-refractivity contribution in [3.8, 4) is 0 Å². The average molecular weight is 154 g/mol. The minimum atomic E-state index is 0.232. The maximum Gasteiger partial charge on any atom is 0.0875 e. The predicted octanol–water partition coefficient (Wildman–Crippen LogP) is -0.521. The van der Waals surface area contributed by atoms with Crippen molar-refractivity contribution in [3.63, 3.8) is 0 Å². The third-order valence-corrected chi connectivity index (χ3v) is 3.25. The summed E-state index contributed by atoms with van der Waals surface area (Å²) in [5.74, 6) is 0. The molecule has 2 N–H and O–H groups in total. The van der Waals surface area contributed by atoms with E-state index in [9.17, 15) is 0 Å². The van der Waals surface area contributed by atoms with E-state index in [4.69, 9.17) is 4.74 Å².